The van der Waals surface area contributed by atoms with Crippen LogP contribution in [0.15, 0.2) is 18.2 Å². The molecular formula is C14H17N3O4. The Labute approximate surface area is 121 Å². The molecule has 112 valence electrons. The molecule has 2 atom stereocenters. The van der Waals surface area contributed by atoms with Crippen molar-refractivity contribution in [2.75, 3.05) is 36.6 Å². The summed E-state index contributed by atoms with van der Waals surface area (Å²) in [5.74, 6) is -0.796. The first-order valence-electron chi connectivity index (χ1n) is 6.74. The van der Waals surface area contributed by atoms with Crippen LogP contribution in [0.1, 0.15) is 11.7 Å². The minimum Gasteiger partial charge on any atom is -0.378 e. The number of amides is 2. The van der Waals surface area contributed by atoms with E-state index in [0.717, 1.165) is 5.69 Å². The van der Waals surface area contributed by atoms with Crippen molar-refractivity contribution in [1.29, 1.82) is 0 Å². The fourth-order valence-corrected chi connectivity index (χ4v) is 2.82. The average molecular weight is 291 g/mol. The number of fused-ring (bicyclic) bond motifs is 1. The van der Waals surface area contributed by atoms with Crippen LogP contribution in [0.3, 0.4) is 0 Å². The molecule has 3 N–H and O–H groups in total. The van der Waals surface area contributed by atoms with Crippen LogP contribution in [-0.4, -0.2) is 49.8 Å². The van der Waals surface area contributed by atoms with Gasteiger partial charge in [-0.1, -0.05) is 6.07 Å². The van der Waals surface area contributed by atoms with E-state index in [-0.39, 0.29) is 12.5 Å². The van der Waals surface area contributed by atoms with E-state index in [2.05, 4.69) is 0 Å². The fraction of sp³-hybridized carbons (Fsp3) is 0.429. The lowest BCUT2D eigenvalue weighted by atomic mass is 10.1. The molecule has 1 aromatic carbocycles. The lowest BCUT2D eigenvalue weighted by Gasteiger charge is -2.35. The molecule has 0 spiro atoms. The Hall–Kier alpha value is -2.12. The molecule has 3 rings (SSSR count). The van der Waals surface area contributed by atoms with E-state index in [1.807, 2.05) is 4.90 Å². The van der Waals surface area contributed by atoms with E-state index in [1.165, 1.54) is 4.90 Å². The highest BCUT2D eigenvalue weighted by atomic mass is 16.5. The minimum absolute atomic E-state index is 0.254. The number of hydrogen-bond acceptors (Lipinski definition) is 5. The number of nitrogens with zero attached hydrogens (tertiary/aromatic N) is 2. The number of likely N-dealkylation sites (N-methyl/N-ethyl adjacent to an activating group) is 1. The van der Waals surface area contributed by atoms with Crippen molar-refractivity contribution >= 4 is 23.2 Å². The summed E-state index contributed by atoms with van der Waals surface area (Å²) < 4.78 is 5.30. The van der Waals surface area contributed by atoms with Gasteiger partial charge >= 0.3 is 0 Å². The molecule has 1 aromatic rings. The maximum Gasteiger partial charge on any atom is 0.260 e. The van der Waals surface area contributed by atoms with Crippen LogP contribution in [0, 0.1) is 0 Å². The van der Waals surface area contributed by atoms with E-state index < -0.39 is 18.1 Å². The second-order valence-corrected chi connectivity index (χ2v) is 5.23. The molecule has 7 heteroatoms. The van der Waals surface area contributed by atoms with Crippen molar-refractivity contribution in [3.05, 3.63) is 23.8 Å². The summed E-state index contributed by atoms with van der Waals surface area (Å²) in [4.78, 5) is 26.6. The summed E-state index contributed by atoms with van der Waals surface area (Å²) in [5, 5.41) is 9.86. The van der Waals surface area contributed by atoms with E-state index in [1.54, 1.807) is 25.2 Å². The van der Waals surface area contributed by atoms with E-state index in [4.69, 9.17) is 10.5 Å². The largest absolute Gasteiger partial charge is 0.378 e. The Bertz CT molecular complexity index is 604. The molecular weight excluding hydrogens is 274 g/mol. The maximum atomic E-state index is 11.8. The lowest BCUT2D eigenvalue weighted by Crippen LogP contribution is -2.52. The summed E-state index contributed by atoms with van der Waals surface area (Å²) in [6, 6.07) is 4.77. The quantitative estimate of drug-likeness (QED) is 0.757. The van der Waals surface area contributed by atoms with Gasteiger partial charge in [-0.15, -0.1) is 0 Å². The number of anilines is 2. The zero-order valence-electron chi connectivity index (χ0n) is 11.7. The van der Waals surface area contributed by atoms with Crippen molar-refractivity contribution in [3.63, 3.8) is 0 Å². The smallest absolute Gasteiger partial charge is 0.260 e. The molecule has 2 unspecified atom stereocenters. The van der Waals surface area contributed by atoms with Gasteiger partial charge in [0.1, 0.15) is 6.04 Å². The highest BCUT2D eigenvalue weighted by molar-refractivity contribution is 6.04. The van der Waals surface area contributed by atoms with Crippen LogP contribution in [0.4, 0.5) is 11.4 Å². The first kappa shape index (κ1) is 13.8. The summed E-state index contributed by atoms with van der Waals surface area (Å²) in [6.45, 7) is 1.31. The van der Waals surface area contributed by atoms with Crippen LogP contribution < -0.4 is 15.5 Å². The molecule has 2 heterocycles. The van der Waals surface area contributed by atoms with Gasteiger partial charge in [0.05, 0.1) is 18.9 Å². The van der Waals surface area contributed by atoms with E-state index in [0.29, 0.717) is 24.4 Å². The highest BCUT2D eigenvalue weighted by Gasteiger charge is 2.35. The summed E-state index contributed by atoms with van der Waals surface area (Å²) in [6.07, 6.45) is -1.12. The molecule has 7 nitrogen and oxygen atoms in total. The predicted octanol–water partition coefficient (Wildman–Crippen LogP) is -0.613. The molecule has 1 fully saturated rings. The lowest BCUT2D eigenvalue weighted by molar-refractivity contribution is -0.125. The number of aliphatic hydroxyl groups is 1. The molecule has 0 radical (unpaired) electrons. The van der Waals surface area contributed by atoms with Crippen LogP contribution >= 0.6 is 0 Å². The molecule has 0 aliphatic carbocycles. The maximum absolute atomic E-state index is 11.8. The van der Waals surface area contributed by atoms with Gasteiger partial charge in [-0.2, -0.15) is 0 Å². The number of carbonyl (C=O) groups is 2. The van der Waals surface area contributed by atoms with Gasteiger partial charge in [-0.05, 0) is 12.1 Å². The Morgan fingerprint density at radius 2 is 2.24 bits per heavy atom. The first-order chi connectivity index (χ1) is 10.0. The number of aliphatic hydroxyl groups excluding tert-OH is 1. The third-order valence-corrected chi connectivity index (χ3v) is 4.02. The Morgan fingerprint density at radius 1 is 1.48 bits per heavy atom. The van der Waals surface area contributed by atoms with E-state index in [9.17, 15) is 14.7 Å². The zero-order valence-corrected chi connectivity index (χ0v) is 11.7. The van der Waals surface area contributed by atoms with Gasteiger partial charge in [-0.25, -0.2) is 0 Å². The number of nitrogens with two attached hydrogens (primary N) is 1. The normalized spacial score (nSPS) is 25.1. The van der Waals surface area contributed by atoms with Gasteiger partial charge in [0.2, 0.25) is 5.91 Å². The number of hydrogen-bond donors (Lipinski definition) is 2. The second kappa shape index (κ2) is 5.01. The number of ether oxygens (including phenoxy) is 1. The summed E-state index contributed by atoms with van der Waals surface area (Å²) in [5.41, 5.74) is 7.43. The molecule has 0 aromatic heterocycles. The number of rotatable bonds is 2. The fourth-order valence-electron chi connectivity index (χ4n) is 2.82. The second-order valence-electron chi connectivity index (χ2n) is 5.23. The van der Waals surface area contributed by atoms with Crippen molar-refractivity contribution in [2.45, 2.75) is 12.1 Å². The SMILES string of the molecule is CN1C(=O)C(O)c2ccc(N3CCOCC3C(N)=O)cc21. The molecule has 2 amide bonds. The van der Waals surface area contributed by atoms with Gasteiger partial charge in [0.25, 0.3) is 5.91 Å². The number of carbonyl (C=O) groups excluding carboxylic acids is 2. The molecule has 2 aliphatic heterocycles. The number of benzene rings is 1. The molecule has 0 saturated carbocycles. The van der Waals surface area contributed by atoms with E-state index >= 15 is 0 Å². The molecule has 0 bridgehead atoms. The van der Waals surface area contributed by atoms with Gasteiger partial charge < -0.3 is 25.4 Å². The third kappa shape index (κ3) is 2.14. The van der Waals surface area contributed by atoms with Crippen LogP contribution in [0.5, 0.6) is 0 Å². The Morgan fingerprint density at radius 3 is 2.95 bits per heavy atom. The zero-order chi connectivity index (χ0) is 15.1. The van der Waals surface area contributed by atoms with Crippen LogP contribution in [0.25, 0.3) is 0 Å². The monoisotopic (exact) mass is 291 g/mol. The summed E-state index contributed by atoms with van der Waals surface area (Å²) in [7, 11) is 1.62. The first-order valence-corrected chi connectivity index (χ1v) is 6.74. The average Bonchev–Trinajstić information content (AvgIpc) is 2.71. The van der Waals surface area contributed by atoms with Crippen LogP contribution in [-0.2, 0) is 14.3 Å². The van der Waals surface area contributed by atoms with Crippen molar-refractivity contribution in [3.8, 4) is 0 Å². The van der Waals surface area contributed by atoms with Gasteiger partial charge in [0, 0.05) is 24.8 Å². The predicted molar refractivity (Wildman–Crippen MR) is 76.0 cm³/mol. The van der Waals surface area contributed by atoms with Crippen molar-refractivity contribution < 1.29 is 19.4 Å². The highest BCUT2D eigenvalue weighted by Crippen LogP contribution is 2.38. The summed E-state index contributed by atoms with van der Waals surface area (Å²) >= 11 is 0. The molecule has 1 saturated heterocycles. The molecule has 2 aliphatic rings. The third-order valence-electron chi connectivity index (χ3n) is 4.02. The Balaban J connectivity index is 1.97. The van der Waals surface area contributed by atoms with Crippen molar-refractivity contribution in [1.82, 2.24) is 0 Å². The number of morpholine rings is 1. The molecule has 21 heavy (non-hydrogen) atoms. The topological polar surface area (TPSA) is 96.1 Å². The number of primary amides is 1. The van der Waals surface area contributed by atoms with Gasteiger partial charge in [-0.3, -0.25) is 9.59 Å². The minimum atomic E-state index is -1.12. The standard InChI is InChI=1S/C14H17N3O4/c1-16-10-6-8(2-3-9(10)12(18)14(16)20)17-4-5-21-7-11(17)13(15)19/h2-3,6,11-12,18H,4-5,7H2,1H3,(H2,15,19). The van der Waals surface area contributed by atoms with Crippen molar-refractivity contribution in [2.24, 2.45) is 5.73 Å². The Kier molecular flexibility index (Phi) is 3.30. The van der Waals surface area contributed by atoms with Crippen LogP contribution in [0.2, 0.25) is 0 Å². The van der Waals surface area contributed by atoms with Gasteiger partial charge in [0.15, 0.2) is 6.10 Å².